The second kappa shape index (κ2) is 4.87. The van der Waals surface area contributed by atoms with Gasteiger partial charge >= 0.3 is 11.1 Å². The maximum absolute atomic E-state index is 12.1. The van der Waals surface area contributed by atoms with Crippen molar-refractivity contribution in [1.29, 1.82) is 0 Å². The van der Waals surface area contributed by atoms with Crippen LogP contribution in [-0.2, 0) is 0 Å². The third-order valence-corrected chi connectivity index (χ3v) is 7.65. The van der Waals surface area contributed by atoms with Crippen molar-refractivity contribution in [3.8, 4) is 11.5 Å². The van der Waals surface area contributed by atoms with Crippen molar-refractivity contribution in [1.82, 2.24) is 0 Å². The number of benzene rings is 1. The van der Waals surface area contributed by atoms with Crippen molar-refractivity contribution in [2.45, 2.75) is 31.1 Å². The van der Waals surface area contributed by atoms with Gasteiger partial charge in [-0.05, 0) is 32.0 Å². The van der Waals surface area contributed by atoms with Gasteiger partial charge in [0.2, 0.25) is 13.0 Å². The van der Waals surface area contributed by atoms with Gasteiger partial charge < -0.3 is 9.47 Å². The smallest absolute Gasteiger partial charge is 0.329 e. The topological polar surface area (TPSA) is 114 Å². The van der Waals surface area contributed by atoms with Crippen LogP contribution in [0.1, 0.15) is 25.6 Å². The molecule has 5 heterocycles. The molecule has 0 atom stereocenters. The normalized spacial score (nSPS) is 40.1. The Morgan fingerprint density at radius 2 is 1.48 bits per heavy atom. The van der Waals surface area contributed by atoms with Crippen molar-refractivity contribution in [2.75, 3.05) is 33.0 Å². The number of quaternary nitrogens is 2. The molecule has 10 heteroatoms. The Labute approximate surface area is 154 Å². The van der Waals surface area contributed by atoms with E-state index in [0.717, 1.165) is 15.4 Å². The lowest BCUT2D eigenvalue weighted by Crippen LogP contribution is -3.43. The lowest BCUT2D eigenvalue weighted by molar-refractivity contribution is -1.20. The highest BCUT2D eigenvalue weighted by Crippen LogP contribution is 2.48. The fraction of sp³-hybridized carbons (Fsp3) is 0.647. The van der Waals surface area contributed by atoms with E-state index < -0.39 is 16.5 Å². The first-order valence-corrected chi connectivity index (χ1v) is 9.10. The first-order chi connectivity index (χ1) is 12.7. The van der Waals surface area contributed by atoms with E-state index in [9.17, 15) is 20.2 Å². The summed E-state index contributed by atoms with van der Waals surface area (Å²) in [6, 6.07) is 5.71. The second-order valence-corrected chi connectivity index (χ2v) is 8.77. The van der Waals surface area contributed by atoms with Crippen LogP contribution in [0.15, 0.2) is 18.2 Å². The van der Waals surface area contributed by atoms with Crippen LogP contribution in [0.4, 0.5) is 0 Å². The zero-order chi connectivity index (χ0) is 19.2. The number of nitrogens with one attached hydrogen (secondary N) is 2. The molecule has 4 bridgehead atoms. The quantitative estimate of drug-likeness (QED) is 0.478. The highest BCUT2D eigenvalue weighted by molar-refractivity contribution is 5.44. The summed E-state index contributed by atoms with van der Waals surface area (Å²) in [5, 5.41) is 24.3. The monoisotopic (exact) mass is 378 g/mol. The first kappa shape index (κ1) is 16.7. The standard InChI is InChI=1S/C17H20N4O6/c1-15(2)16(20(22)23)6-18-8-17(15,21(24)25)9-19(7-16)14(18)11-3-4-12-13(5-11)27-10-26-12/h3-5,14H,6-10H2,1-2H3/p+2. The van der Waals surface area contributed by atoms with Gasteiger partial charge in [0.1, 0.15) is 5.41 Å². The molecule has 27 heavy (non-hydrogen) atoms. The minimum Gasteiger partial charge on any atom is -0.454 e. The van der Waals surface area contributed by atoms with Gasteiger partial charge in [0, 0.05) is 9.85 Å². The zero-order valence-electron chi connectivity index (χ0n) is 15.2. The number of hydrogen-bond donors (Lipinski definition) is 2. The van der Waals surface area contributed by atoms with Crippen molar-refractivity contribution in [2.24, 2.45) is 5.41 Å². The van der Waals surface area contributed by atoms with Gasteiger partial charge in [0.15, 0.2) is 37.7 Å². The Balaban J connectivity index is 1.61. The van der Waals surface area contributed by atoms with Crippen LogP contribution in [0, 0.1) is 25.6 Å². The highest BCUT2D eigenvalue weighted by atomic mass is 16.7. The van der Waals surface area contributed by atoms with Crippen LogP contribution in [0.2, 0.25) is 0 Å². The summed E-state index contributed by atoms with van der Waals surface area (Å²) < 4.78 is 10.8. The average Bonchev–Trinajstić information content (AvgIpc) is 3.05. The molecule has 144 valence electrons. The van der Waals surface area contributed by atoms with Crippen molar-refractivity contribution in [3.05, 3.63) is 44.0 Å². The molecule has 0 amide bonds. The second-order valence-electron chi connectivity index (χ2n) is 8.77. The van der Waals surface area contributed by atoms with Gasteiger partial charge in [-0.15, -0.1) is 0 Å². The molecule has 6 rings (SSSR count). The predicted octanol–water partition coefficient (Wildman–Crippen LogP) is -1.72. The number of nitro groups is 2. The van der Waals surface area contributed by atoms with E-state index in [2.05, 4.69) is 0 Å². The molecule has 5 aliphatic heterocycles. The summed E-state index contributed by atoms with van der Waals surface area (Å²) in [7, 11) is 0. The maximum atomic E-state index is 12.1. The third kappa shape index (κ3) is 1.77. The average molecular weight is 378 g/mol. The van der Waals surface area contributed by atoms with Crippen LogP contribution in [0.3, 0.4) is 0 Å². The number of piperidine rings is 2. The van der Waals surface area contributed by atoms with Gasteiger partial charge in [-0.25, -0.2) is 0 Å². The molecular formula is C17H22N4O6+2. The van der Waals surface area contributed by atoms with Crippen LogP contribution < -0.4 is 19.3 Å². The Kier molecular flexibility index (Phi) is 3.01. The van der Waals surface area contributed by atoms with Gasteiger partial charge in [0.25, 0.3) is 0 Å². The number of fused-ring (bicyclic) bond motifs is 1. The molecule has 4 saturated heterocycles. The fourth-order valence-electron chi connectivity index (χ4n) is 6.05. The lowest BCUT2D eigenvalue weighted by atomic mass is 9.53. The minimum absolute atomic E-state index is 0.0725. The molecule has 0 aromatic heterocycles. The van der Waals surface area contributed by atoms with E-state index in [1.165, 1.54) is 0 Å². The molecule has 1 aromatic carbocycles. The highest BCUT2D eigenvalue weighted by Gasteiger charge is 2.87. The first-order valence-electron chi connectivity index (χ1n) is 9.10. The Hall–Kier alpha value is -2.46. The molecule has 0 radical (unpaired) electrons. The predicted molar refractivity (Wildman–Crippen MR) is 89.9 cm³/mol. The van der Waals surface area contributed by atoms with Crippen LogP contribution in [0.5, 0.6) is 11.5 Å². The van der Waals surface area contributed by atoms with E-state index in [-0.39, 0.29) is 22.8 Å². The molecule has 0 saturated carbocycles. The molecule has 1 aromatic rings. The molecule has 0 spiro atoms. The summed E-state index contributed by atoms with van der Waals surface area (Å²) in [6.45, 7) is 4.80. The molecule has 0 aliphatic carbocycles. The zero-order valence-corrected chi connectivity index (χ0v) is 15.2. The lowest BCUT2D eigenvalue weighted by Gasteiger charge is -2.60. The molecule has 0 unspecified atom stereocenters. The molecule has 5 aliphatic rings. The van der Waals surface area contributed by atoms with E-state index in [4.69, 9.17) is 9.47 Å². The summed E-state index contributed by atoms with van der Waals surface area (Å²) in [6.07, 6.45) is -0.0725. The van der Waals surface area contributed by atoms with Gasteiger partial charge in [-0.3, -0.25) is 30.0 Å². The van der Waals surface area contributed by atoms with Crippen molar-refractivity contribution in [3.63, 3.8) is 0 Å². The number of rotatable bonds is 3. The number of hydrogen-bond acceptors (Lipinski definition) is 6. The molecule has 4 fully saturated rings. The van der Waals surface area contributed by atoms with Crippen LogP contribution in [-0.4, -0.2) is 53.9 Å². The maximum Gasteiger partial charge on any atom is 0.329 e. The van der Waals surface area contributed by atoms with Crippen molar-refractivity contribution >= 4 is 0 Å². The SMILES string of the molecule is CC1(C)C2([N+](=O)[O-])C[NH+]3CC1([N+](=O)[O-])C[NH+](C2)C3c1ccc2c(c1)OCO2. The molecule has 2 N–H and O–H groups in total. The third-order valence-electron chi connectivity index (χ3n) is 7.65. The van der Waals surface area contributed by atoms with E-state index in [0.29, 0.717) is 37.7 Å². The molecular weight excluding hydrogens is 356 g/mol. The Morgan fingerprint density at radius 1 is 0.963 bits per heavy atom. The van der Waals surface area contributed by atoms with Gasteiger partial charge in [-0.2, -0.15) is 0 Å². The fourth-order valence-corrected chi connectivity index (χ4v) is 6.05. The summed E-state index contributed by atoms with van der Waals surface area (Å²) >= 11 is 0. The van der Waals surface area contributed by atoms with Crippen LogP contribution >= 0.6 is 0 Å². The Bertz CT molecular complexity index is 819. The van der Waals surface area contributed by atoms with Crippen LogP contribution in [0.25, 0.3) is 0 Å². The summed E-state index contributed by atoms with van der Waals surface area (Å²) in [5.74, 6) is 1.35. The van der Waals surface area contributed by atoms with Gasteiger partial charge in [0.05, 0.1) is 5.56 Å². The van der Waals surface area contributed by atoms with E-state index in [1.807, 2.05) is 18.2 Å². The van der Waals surface area contributed by atoms with Gasteiger partial charge in [-0.1, -0.05) is 0 Å². The van der Waals surface area contributed by atoms with Crippen molar-refractivity contribution < 1.29 is 29.1 Å². The molecule has 10 nitrogen and oxygen atoms in total. The number of ether oxygens (including phenoxy) is 2. The summed E-state index contributed by atoms with van der Waals surface area (Å²) in [5.41, 5.74) is -2.62. The van der Waals surface area contributed by atoms with E-state index >= 15 is 0 Å². The largest absolute Gasteiger partial charge is 0.454 e. The van der Waals surface area contributed by atoms with E-state index in [1.54, 1.807) is 13.8 Å². The minimum atomic E-state index is -1.30. The summed E-state index contributed by atoms with van der Waals surface area (Å²) in [4.78, 5) is 25.6. The Morgan fingerprint density at radius 3 is 2.00 bits per heavy atom. The number of nitrogens with zero attached hydrogens (tertiary/aromatic N) is 2.